The Labute approximate surface area is 83.0 Å². The van der Waals surface area contributed by atoms with E-state index in [0.717, 1.165) is 25.1 Å². The molecule has 0 spiro atoms. The van der Waals surface area contributed by atoms with Crippen LogP contribution in [0.5, 0.6) is 0 Å². The van der Waals surface area contributed by atoms with Gasteiger partial charge in [-0.1, -0.05) is 10.5 Å². The topological polar surface area (TPSA) is 20.3 Å². The maximum Gasteiger partial charge on any atom is 0.416 e. The normalized spacial score (nSPS) is 11.3. The molecule has 0 saturated heterocycles. The van der Waals surface area contributed by atoms with Crippen LogP contribution in [0, 0.1) is 0 Å². The molecule has 82 valence electrons. The fourth-order valence-electron chi connectivity index (χ4n) is 0.986. The number of anilines is 1. The molecule has 0 atom stereocenters. The standard InChI is InChI=1S/C9H7F4NO/c1-6(15)14(13)8-4-2-3-7(5-8)9(10,11)12/h2-5H,1H3. The first-order valence-corrected chi connectivity index (χ1v) is 3.96. The molecule has 0 fully saturated rings. The number of benzene rings is 1. The number of hydrogen-bond donors (Lipinski definition) is 0. The van der Waals surface area contributed by atoms with Crippen LogP contribution in [0.15, 0.2) is 24.3 Å². The highest BCUT2D eigenvalue weighted by Crippen LogP contribution is 2.31. The number of alkyl halides is 3. The maximum atomic E-state index is 12.9. The van der Waals surface area contributed by atoms with Crippen LogP contribution in [0.2, 0.25) is 0 Å². The minimum atomic E-state index is -4.55. The number of halogens is 4. The van der Waals surface area contributed by atoms with Crippen molar-refractivity contribution in [3.05, 3.63) is 29.8 Å². The Kier molecular flexibility index (Phi) is 2.97. The van der Waals surface area contributed by atoms with Gasteiger partial charge in [-0.05, 0) is 18.2 Å². The molecule has 0 aliphatic heterocycles. The molecule has 0 heterocycles. The van der Waals surface area contributed by atoms with Gasteiger partial charge in [0.1, 0.15) is 0 Å². The lowest BCUT2D eigenvalue weighted by atomic mass is 10.2. The average molecular weight is 221 g/mol. The second-order valence-corrected chi connectivity index (χ2v) is 2.85. The molecule has 0 aliphatic rings. The van der Waals surface area contributed by atoms with Gasteiger partial charge >= 0.3 is 6.18 Å². The summed E-state index contributed by atoms with van der Waals surface area (Å²) < 4.78 is 49.6. The quantitative estimate of drug-likeness (QED) is 0.527. The first-order valence-electron chi connectivity index (χ1n) is 3.96. The Morgan fingerprint density at radius 3 is 2.40 bits per heavy atom. The van der Waals surface area contributed by atoms with Crippen molar-refractivity contribution in [1.29, 1.82) is 0 Å². The number of hydrogen-bond acceptors (Lipinski definition) is 1. The van der Waals surface area contributed by atoms with E-state index < -0.39 is 23.3 Å². The summed E-state index contributed by atoms with van der Waals surface area (Å²) in [7, 11) is 0. The second kappa shape index (κ2) is 3.88. The highest BCUT2D eigenvalue weighted by molar-refractivity contribution is 5.89. The Hall–Kier alpha value is -1.59. The van der Waals surface area contributed by atoms with E-state index in [-0.39, 0.29) is 5.12 Å². The van der Waals surface area contributed by atoms with Crippen LogP contribution >= 0.6 is 0 Å². The summed E-state index contributed by atoms with van der Waals surface area (Å²) in [6, 6.07) is 3.49. The predicted octanol–water partition coefficient (Wildman–Crippen LogP) is 2.94. The van der Waals surface area contributed by atoms with Gasteiger partial charge in [0, 0.05) is 6.92 Å². The molecule has 0 unspecified atom stereocenters. The zero-order chi connectivity index (χ0) is 11.6. The minimum Gasteiger partial charge on any atom is -0.272 e. The van der Waals surface area contributed by atoms with Crippen molar-refractivity contribution in [2.24, 2.45) is 0 Å². The zero-order valence-electron chi connectivity index (χ0n) is 7.68. The van der Waals surface area contributed by atoms with Crippen molar-refractivity contribution in [1.82, 2.24) is 0 Å². The summed E-state index contributed by atoms with van der Waals surface area (Å²) in [5, 5.41) is -0.338. The van der Waals surface area contributed by atoms with Gasteiger partial charge in [0.25, 0.3) is 5.91 Å². The van der Waals surface area contributed by atoms with Gasteiger partial charge in [-0.15, -0.1) is 5.12 Å². The maximum absolute atomic E-state index is 12.9. The number of amides is 1. The molecule has 1 amide bonds. The van der Waals surface area contributed by atoms with Crippen molar-refractivity contribution in [3.63, 3.8) is 0 Å². The Morgan fingerprint density at radius 1 is 1.33 bits per heavy atom. The molecule has 0 radical (unpaired) electrons. The largest absolute Gasteiger partial charge is 0.416 e. The van der Waals surface area contributed by atoms with E-state index in [4.69, 9.17) is 0 Å². The molecular weight excluding hydrogens is 214 g/mol. The van der Waals surface area contributed by atoms with Gasteiger partial charge in [0.05, 0.1) is 11.3 Å². The lowest BCUT2D eigenvalue weighted by Gasteiger charge is -2.12. The second-order valence-electron chi connectivity index (χ2n) is 2.85. The van der Waals surface area contributed by atoms with E-state index in [1.807, 2.05) is 0 Å². The predicted molar refractivity (Wildman–Crippen MR) is 45.7 cm³/mol. The smallest absolute Gasteiger partial charge is 0.272 e. The van der Waals surface area contributed by atoms with E-state index in [1.165, 1.54) is 0 Å². The summed E-state index contributed by atoms with van der Waals surface area (Å²) in [5.41, 5.74) is -1.43. The van der Waals surface area contributed by atoms with Crippen molar-refractivity contribution in [2.45, 2.75) is 13.1 Å². The third kappa shape index (κ3) is 2.68. The van der Waals surface area contributed by atoms with Crippen molar-refractivity contribution < 1.29 is 22.4 Å². The molecule has 0 aromatic heterocycles. The molecular formula is C9H7F4NO. The van der Waals surface area contributed by atoms with Crippen LogP contribution in [0.25, 0.3) is 0 Å². The zero-order valence-corrected chi connectivity index (χ0v) is 7.68. The fraction of sp³-hybridized carbons (Fsp3) is 0.222. The Morgan fingerprint density at radius 2 is 1.93 bits per heavy atom. The highest BCUT2D eigenvalue weighted by Gasteiger charge is 2.31. The molecule has 0 aliphatic carbocycles. The third-order valence-electron chi connectivity index (χ3n) is 1.68. The van der Waals surface area contributed by atoms with E-state index in [2.05, 4.69) is 0 Å². The van der Waals surface area contributed by atoms with Gasteiger partial charge in [0.2, 0.25) is 0 Å². The van der Waals surface area contributed by atoms with Crippen LogP contribution in [0.1, 0.15) is 12.5 Å². The average Bonchev–Trinajstić information content (AvgIpc) is 2.15. The highest BCUT2D eigenvalue weighted by atomic mass is 19.4. The van der Waals surface area contributed by atoms with E-state index in [0.29, 0.717) is 6.07 Å². The SMILES string of the molecule is CC(=O)N(F)c1cccc(C(F)(F)F)c1. The van der Waals surface area contributed by atoms with Crippen LogP contribution < -0.4 is 5.12 Å². The van der Waals surface area contributed by atoms with Crippen LogP contribution in [-0.2, 0) is 11.0 Å². The first kappa shape index (κ1) is 11.5. The number of carbonyl (C=O) groups excluding carboxylic acids is 1. The van der Waals surface area contributed by atoms with Crippen LogP contribution in [0.3, 0.4) is 0 Å². The lowest BCUT2D eigenvalue weighted by molar-refractivity contribution is -0.137. The van der Waals surface area contributed by atoms with Gasteiger partial charge in [-0.3, -0.25) is 4.79 Å². The molecule has 0 bridgehead atoms. The van der Waals surface area contributed by atoms with Gasteiger partial charge in [-0.25, -0.2) is 0 Å². The van der Waals surface area contributed by atoms with Crippen molar-refractivity contribution in [3.8, 4) is 0 Å². The third-order valence-corrected chi connectivity index (χ3v) is 1.68. The Bertz CT molecular complexity index is 375. The fourth-order valence-corrected chi connectivity index (χ4v) is 0.986. The summed E-state index contributed by atoms with van der Waals surface area (Å²) in [4.78, 5) is 10.6. The lowest BCUT2D eigenvalue weighted by Crippen LogP contribution is -2.18. The number of nitrogens with zero attached hydrogens (tertiary/aromatic N) is 1. The monoisotopic (exact) mass is 221 g/mol. The molecule has 1 aromatic carbocycles. The van der Waals surface area contributed by atoms with E-state index in [9.17, 15) is 22.4 Å². The van der Waals surface area contributed by atoms with E-state index in [1.54, 1.807) is 0 Å². The molecule has 15 heavy (non-hydrogen) atoms. The molecule has 1 aromatic rings. The summed E-state index contributed by atoms with van der Waals surface area (Å²) in [6.07, 6.45) is -4.55. The van der Waals surface area contributed by atoms with Crippen LogP contribution in [0.4, 0.5) is 23.3 Å². The molecule has 0 saturated carbocycles. The summed E-state index contributed by atoms with van der Waals surface area (Å²) in [6.45, 7) is 0.917. The van der Waals surface area contributed by atoms with Crippen molar-refractivity contribution >= 4 is 11.6 Å². The first-order chi connectivity index (χ1) is 6.82. The van der Waals surface area contributed by atoms with Gasteiger partial charge < -0.3 is 0 Å². The molecule has 1 rings (SSSR count). The summed E-state index contributed by atoms with van der Waals surface area (Å²) >= 11 is 0. The molecule has 6 heteroatoms. The van der Waals surface area contributed by atoms with Crippen molar-refractivity contribution in [2.75, 3.05) is 5.12 Å². The Balaban J connectivity index is 3.08. The van der Waals surface area contributed by atoms with Gasteiger partial charge in [-0.2, -0.15) is 13.2 Å². The minimum absolute atomic E-state index is 0.338. The number of carbonyl (C=O) groups is 1. The number of rotatable bonds is 1. The molecule has 0 N–H and O–H groups in total. The van der Waals surface area contributed by atoms with E-state index >= 15 is 0 Å². The van der Waals surface area contributed by atoms with Crippen LogP contribution in [-0.4, -0.2) is 5.91 Å². The van der Waals surface area contributed by atoms with Gasteiger partial charge in [0.15, 0.2) is 0 Å². The molecule has 2 nitrogen and oxygen atoms in total. The summed E-state index contributed by atoms with van der Waals surface area (Å²) in [5.74, 6) is -0.977.